The molecule has 0 radical (unpaired) electrons. The Bertz CT molecular complexity index is 395. The monoisotopic (exact) mass is 276 g/mol. The molecule has 14 heavy (non-hydrogen) atoms. The smallest absolute Gasteiger partial charge is 0.167 e. The van der Waals surface area contributed by atoms with Gasteiger partial charge in [0.05, 0.1) is 5.56 Å². The summed E-state index contributed by atoms with van der Waals surface area (Å²) < 4.78 is 12.9. The predicted octanol–water partition coefficient (Wildman–Crippen LogP) is 3.32. The van der Waals surface area contributed by atoms with Crippen LogP contribution in [0, 0.1) is 17.7 Å². The summed E-state index contributed by atoms with van der Waals surface area (Å²) in [4.78, 5) is 0. The summed E-state index contributed by atoms with van der Waals surface area (Å²) >= 11 is 8.81. The first-order valence-corrected chi connectivity index (χ1v) is 5.38. The largest absolute Gasteiger partial charge is 0.504 e. The molecule has 74 valence electrons. The summed E-state index contributed by atoms with van der Waals surface area (Å²) in [6.07, 6.45) is 0.633. The van der Waals surface area contributed by atoms with Gasteiger partial charge in [-0.2, -0.15) is 0 Å². The van der Waals surface area contributed by atoms with E-state index < -0.39 is 11.6 Å². The van der Waals surface area contributed by atoms with Gasteiger partial charge in [0.25, 0.3) is 0 Å². The van der Waals surface area contributed by atoms with Gasteiger partial charge in [0.15, 0.2) is 11.6 Å². The number of phenolic OH excluding ortho intramolecular Hbond substituents is 1. The molecule has 0 heterocycles. The van der Waals surface area contributed by atoms with Crippen molar-refractivity contribution in [2.45, 2.75) is 6.42 Å². The van der Waals surface area contributed by atoms with E-state index in [2.05, 4.69) is 27.8 Å². The van der Waals surface area contributed by atoms with E-state index in [4.69, 9.17) is 11.6 Å². The number of aromatic hydroxyl groups is 1. The number of phenols is 1. The minimum Gasteiger partial charge on any atom is -0.504 e. The molecule has 0 aromatic heterocycles. The Balaban J connectivity index is 3.04. The Kier molecular flexibility index (Phi) is 4.24. The van der Waals surface area contributed by atoms with E-state index in [0.717, 1.165) is 11.4 Å². The first-order chi connectivity index (χ1) is 6.65. The second kappa shape index (κ2) is 5.23. The zero-order valence-electron chi connectivity index (χ0n) is 7.15. The first kappa shape index (κ1) is 11.4. The number of benzene rings is 1. The average molecular weight is 278 g/mol. The van der Waals surface area contributed by atoms with Crippen LogP contribution < -0.4 is 0 Å². The Morgan fingerprint density at radius 2 is 2.21 bits per heavy atom. The molecule has 0 saturated heterocycles. The number of halogens is 3. The number of rotatable bonds is 1. The molecule has 0 saturated carbocycles. The van der Waals surface area contributed by atoms with Crippen molar-refractivity contribution in [1.82, 2.24) is 0 Å². The van der Waals surface area contributed by atoms with Gasteiger partial charge < -0.3 is 5.11 Å². The van der Waals surface area contributed by atoms with Gasteiger partial charge in [-0.15, -0.1) is 0 Å². The Morgan fingerprint density at radius 1 is 1.50 bits per heavy atom. The molecule has 1 aromatic rings. The fourth-order valence-corrected chi connectivity index (χ4v) is 1.27. The van der Waals surface area contributed by atoms with E-state index in [-0.39, 0.29) is 10.6 Å². The molecule has 0 bridgehead atoms. The van der Waals surface area contributed by atoms with E-state index in [1.807, 2.05) is 0 Å². The van der Waals surface area contributed by atoms with Gasteiger partial charge in [-0.3, -0.25) is 0 Å². The second-order valence-electron chi connectivity index (χ2n) is 2.52. The molecular weight excluding hydrogens is 270 g/mol. The van der Waals surface area contributed by atoms with Gasteiger partial charge in [0.2, 0.25) is 0 Å². The van der Waals surface area contributed by atoms with Crippen LogP contribution in [0.2, 0.25) is 5.02 Å². The Labute approximate surface area is 95.0 Å². The Hall–Kier alpha value is -0.720. The van der Waals surface area contributed by atoms with Crippen molar-refractivity contribution < 1.29 is 9.50 Å². The van der Waals surface area contributed by atoms with Crippen LogP contribution in [0.1, 0.15) is 12.0 Å². The van der Waals surface area contributed by atoms with Crippen molar-refractivity contribution in [1.29, 1.82) is 0 Å². The highest BCUT2D eigenvalue weighted by Gasteiger charge is 2.06. The van der Waals surface area contributed by atoms with Crippen molar-refractivity contribution >= 4 is 27.5 Å². The molecule has 0 aliphatic carbocycles. The summed E-state index contributed by atoms with van der Waals surface area (Å²) in [5, 5.41) is 10.2. The first-order valence-electron chi connectivity index (χ1n) is 3.88. The van der Waals surface area contributed by atoms with Crippen molar-refractivity contribution in [3.8, 4) is 17.6 Å². The molecule has 1 rings (SSSR count). The molecule has 0 fully saturated rings. The number of alkyl halides is 1. The summed E-state index contributed by atoms with van der Waals surface area (Å²) in [5.74, 6) is 4.21. The maximum Gasteiger partial charge on any atom is 0.167 e. The summed E-state index contributed by atoms with van der Waals surface area (Å²) in [6, 6.07) is 2.48. The topological polar surface area (TPSA) is 20.2 Å². The third-order valence-electron chi connectivity index (χ3n) is 1.47. The van der Waals surface area contributed by atoms with Gasteiger partial charge in [-0.25, -0.2) is 4.39 Å². The van der Waals surface area contributed by atoms with E-state index in [0.29, 0.717) is 6.42 Å². The van der Waals surface area contributed by atoms with E-state index in [1.165, 1.54) is 6.07 Å². The third kappa shape index (κ3) is 2.90. The van der Waals surface area contributed by atoms with Gasteiger partial charge in [0.1, 0.15) is 0 Å². The molecule has 0 aliphatic rings. The van der Waals surface area contributed by atoms with Crippen LogP contribution in [0.3, 0.4) is 0 Å². The van der Waals surface area contributed by atoms with Crippen molar-refractivity contribution in [3.63, 3.8) is 0 Å². The molecule has 0 unspecified atom stereocenters. The quantitative estimate of drug-likeness (QED) is 0.617. The number of hydrogen-bond donors (Lipinski definition) is 1. The molecule has 1 aromatic carbocycles. The van der Waals surface area contributed by atoms with Crippen LogP contribution in [0.15, 0.2) is 12.1 Å². The fraction of sp³-hybridized carbons (Fsp3) is 0.200. The highest BCUT2D eigenvalue weighted by Crippen LogP contribution is 2.24. The molecule has 4 heteroatoms. The molecular formula is C10H7BrClFO. The van der Waals surface area contributed by atoms with Crippen LogP contribution in [0.5, 0.6) is 5.75 Å². The van der Waals surface area contributed by atoms with Gasteiger partial charge in [0, 0.05) is 16.8 Å². The molecule has 1 nitrogen and oxygen atoms in total. The summed E-state index contributed by atoms with van der Waals surface area (Å²) in [5.41, 5.74) is 0.218. The minimum atomic E-state index is -0.749. The predicted molar refractivity (Wildman–Crippen MR) is 58.4 cm³/mol. The molecule has 0 atom stereocenters. The SMILES string of the molecule is Oc1c(F)cc(Cl)cc1C#CCCBr. The lowest BCUT2D eigenvalue weighted by Gasteiger charge is -1.99. The van der Waals surface area contributed by atoms with Gasteiger partial charge in [-0.05, 0) is 12.1 Å². The molecule has 1 N–H and O–H groups in total. The zero-order chi connectivity index (χ0) is 10.6. The van der Waals surface area contributed by atoms with Crippen molar-refractivity contribution in [2.75, 3.05) is 5.33 Å². The molecule has 0 aliphatic heterocycles. The maximum atomic E-state index is 12.9. The lowest BCUT2D eigenvalue weighted by atomic mass is 10.2. The number of hydrogen-bond acceptors (Lipinski definition) is 1. The van der Waals surface area contributed by atoms with E-state index >= 15 is 0 Å². The standard InChI is InChI=1S/C10H7BrClFO/c11-4-2-1-3-7-5-8(12)6-9(13)10(7)14/h5-6,14H,2,4H2. The lowest BCUT2D eigenvalue weighted by Crippen LogP contribution is -1.83. The zero-order valence-corrected chi connectivity index (χ0v) is 9.49. The van der Waals surface area contributed by atoms with Gasteiger partial charge in [-0.1, -0.05) is 39.4 Å². The summed E-state index contributed by atoms with van der Waals surface area (Å²) in [6.45, 7) is 0. The maximum absolute atomic E-state index is 12.9. The second-order valence-corrected chi connectivity index (χ2v) is 3.75. The van der Waals surface area contributed by atoms with Gasteiger partial charge >= 0.3 is 0 Å². The Morgan fingerprint density at radius 3 is 2.86 bits per heavy atom. The van der Waals surface area contributed by atoms with Crippen molar-refractivity contribution in [3.05, 3.63) is 28.5 Å². The van der Waals surface area contributed by atoms with Crippen LogP contribution in [-0.4, -0.2) is 10.4 Å². The van der Waals surface area contributed by atoms with Crippen LogP contribution in [0.4, 0.5) is 4.39 Å². The highest BCUT2D eigenvalue weighted by molar-refractivity contribution is 9.09. The highest BCUT2D eigenvalue weighted by atomic mass is 79.9. The molecule has 0 amide bonds. The fourth-order valence-electron chi connectivity index (χ4n) is 0.866. The van der Waals surface area contributed by atoms with Crippen LogP contribution in [-0.2, 0) is 0 Å². The van der Waals surface area contributed by atoms with Crippen LogP contribution in [0.25, 0.3) is 0 Å². The van der Waals surface area contributed by atoms with Crippen molar-refractivity contribution in [2.24, 2.45) is 0 Å². The minimum absolute atomic E-state index is 0.218. The van der Waals surface area contributed by atoms with Crippen LogP contribution >= 0.6 is 27.5 Å². The molecule has 0 spiro atoms. The lowest BCUT2D eigenvalue weighted by molar-refractivity contribution is 0.431. The normalized spacial score (nSPS) is 9.36. The third-order valence-corrected chi connectivity index (χ3v) is 2.09. The van der Waals surface area contributed by atoms with E-state index in [1.54, 1.807) is 0 Å². The summed E-state index contributed by atoms with van der Waals surface area (Å²) in [7, 11) is 0. The average Bonchev–Trinajstić information content (AvgIpc) is 2.13. The van der Waals surface area contributed by atoms with E-state index in [9.17, 15) is 9.50 Å².